The number of benzene rings is 1. The van der Waals surface area contributed by atoms with Crippen molar-refractivity contribution in [3.8, 4) is 0 Å². The summed E-state index contributed by atoms with van der Waals surface area (Å²) in [6.07, 6.45) is 0.494. The molecule has 1 aliphatic rings. The van der Waals surface area contributed by atoms with E-state index < -0.39 is 34.8 Å². The first-order chi connectivity index (χ1) is 15.3. The average molecular weight is 499 g/mol. The maximum absolute atomic E-state index is 13.4. The summed E-state index contributed by atoms with van der Waals surface area (Å²) in [5.41, 5.74) is -0.367. The van der Waals surface area contributed by atoms with Crippen LogP contribution in [0.2, 0.25) is 10.0 Å². The van der Waals surface area contributed by atoms with Gasteiger partial charge in [0.1, 0.15) is 5.69 Å². The maximum atomic E-state index is 13.4. The summed E-state index contributed by atoms with van der Waals surface area (Å²) < 4.78 is 26.7. The van der Waals surface area contributed by atoms with Gasteiger partial charge in [0.05, 0.1) is 17.0 Å². The molecule has 2 N–H and O–H groups in total. The van der Waals surface area contributed by atoms with Crippen LogP contribution in [-0.2, 0) is 32.3 Å². The van der Waals surface area contributed by atoms with Crippen LogP contribution < -0.4 is 10.6 Å². The molecule has 0 radical (unpaired) electrons. The van der Waals surface area contributed by atoms with E-state index in [1.807, 2.05) is 0 Å². The topological polar surface area (TPSA) is 101 Å². The van der Waals surface area contributed by atoms with Crippen LogP contribution in [0.25, 0.3) is 0 Å². The van der Waals surface area contributed by atoms with E-state index in [2.05, 4.69) is 20.8 Å². The summed E-state index contributed by atoms with van der Waals surface area (Å²) in [5, 5.41) is 12.9. The molecule has 0 saturated carbocycles. The molecule has 1 saturated heterocycles. The number of alkyl halides is 2. The quantitative estimate of drug-likeness (QED) is 0.585. The number of hydrogen-bond acceptors (Lipinski definition) is 5. The van der Waals surface area contributed by atoms with Crippen LogP contribution >= 0.6 is 23.2 Å². The number of carbonyl (C=O) groups excluding carboxylic acids is 3. The normalized spacial score (nSPS) is 17.0. The Kier molecular flexibility index (Phi) is 7.04. The largest absolute Gasteiger partial charge is 0.351 e. The number of carbonyl (C=O) groups is 3. The predicted octanol–water partition coefficient (Wildman–Crippen LogP) is 4.01. The molecule has 7 nitrogen and oxygen atoms in total. The zero-order chi connectivity index (χ0) is 24.6. The fourth-order valence-corrected chi connectivity index (χ4v) is 4.26. The van der Waals surface area contributed by atoms with Crippen molar-refractivity contribution in [2.75, 3.05) is 0 Å². The second kappa shape index (κ2) is 9.30. The number of piperidine rings is 1. The molecule has 1 atom stereocenters. The molecule has 176 valence electrons. The fraction of sp³-hybridized carbons (Fsp3) is 0.409. The van der Waals surface area contributed by atoms with E-state index in [1.165, 1.54) is 6.07 Å². The molecule has 1 aromatic carbocycles. The average Bonchev–Trinajstić information content (AvgIpc) is 2.72. The van der Waals surface area contributed by atoms with Gasteiger partial charge in [-0.2, -0.15) is 13.9 Å². The minimum absolute atomic E-state index is 0.0792. The number of amides is 3. The molecule has 11 heteroatoms. The van der Waals surface area contributed by atoms with Gasteiger partial charge in [-0.3, -0.25) is 19.7 Å². The smallest absolute Gasteiger partial charge is 0.288 e. The highest BCUT2D eigenvalue weighted by molar-refractivity contribution is 6.36. The monoisotopic (exact) mass is 498 g/mol. The summed E-state index contributed by atoms with van der Waals surface area (Å²) in [6, 6.07) is 5.68. The summed E-state index contributed by atoms with van der Waals surface area (Å²) in [7, 11) is 0. The Bertz CT molecular complexity index is 1080. The van der Waals surface area contributed by atoms with Crippen LogP contribution in [0.15, 0.2) is 24.3 Å². The minimum atomic E-state index is -3.13. The lowest BCUT2D eigenvalue weighted by molar-refractivity contribution is -0.134. The van der Waals surface area contributed by atoms with Gasteiger partial charge in [-0.15, -0.1) is 5.10 Å². The van der Waals surface area contributed by atoms with Gasteiger partial charge in [0.15, 0.2) is 0 Å². The van der Waals surface area contributed by atoms with E-state index in [0.717, 1.165) is 13.0 Å². The van der Waals surface area contributed by atoms with Crippen molar-refractivity contribution in [3.63, 3.8) is 0 Å². The molecule has 1 aliphatic heterocycles. The van der Waals surface area contributed by atoms with Crippen molar-refractivity contribution < 1.29 is 23.2 Å². The van der Waals surface area contributed by atoms with E-state index in [9.17, 15) is 23.2 Å². The standard InChI is InChI=1S/C22H22Cl2F2N4O3/c1-21(2,15-5-6-16(30-29-15)22(3,25)26)20(33)27-10-11-8-13(23)18(14(24)9-11)12-4-7-17(31)28-19(12)32/h5-6,8-9,12H,4,7,10H2,1-3H3,(H,27,33)(H,28,31,32). The van der Waals surface area contributed by atoms with Crippen LogP contribution in [0.5, 0.6) is 0 Å². The Balaban J connectivity index is 1.72. The van der Waals surface area contributed by atoms with Crippen molar-refractivity contribution >= 4 is 40.9 Å². The van der Waals surface area contributed by atoms with Crippen molar-refractivity contribution in [2.24, 2.45) is 0 Å². The van der Waals surface area contributed by atoms with Gasteiger partial charge in [-0.1, -0.05) is 23.2 Å². The number of rotatable bonds is 6. The Hall–Kier alpha value is -2.65. The lowest BCUT2D eigenvalue weighted by atomic mass is 9.87. The highest BCUT2D eigenvalue weighted by Crippen LogP contribution is 2.37. The van der Waals surface area contributed by atoms with Gasteiger partial charge in [0.2, 0.25) is 17.7 Å². The van der Waals surface area contributed by atoms with E-state index in [4.69, 9.17) is 23.2 Å². The summed E-state index contributed by atoms with van der Waals surface area (Å²) in [4.78, 5) is 36.4. The molecule has 1 unspecified atom stereocenters. The van der Waals surface area contributed by atoms with Crippen molar-refractivity contribution in [1.29, 1.82) is 0 Å². The van der Waals surface area contributed by atoms with Gasteiger partial charge < -0.3 is 5.32 Å². The van der Waals surface area contributed by atoms with E-state index in [0.29, 0.717) is 17.5 Å². The van der Waals surface area contributed by atoms with Crippen molar-refractivity contribution in [3.05, 3.63) is 56.8 Å². The third-order valence-corrected chi connectivity index (χ3v) is 6.13. The number of aromatic nitrogens is 2. The van der Waals surface area contributed by atoms with Crippen LogP contribution in [0.1, 0.15) is 62.0 Å². The Morgan fingerprint density at radius 3 is 2.21 bits per heavy atom. The number of halogens is 4. The molecular formula is C22H22Cl2F2N4O3. The van der Waals surface area contributed by atoms with Crippen LogP contribution in [0, 0.1) is 0 Å². The van der Waals surface area contributed by atoms with Crippen LogP contribution in [-0.4, -0.2) is 27.9 Å². The van der Waals surface area contributed by atoms with E-state index in [1.54, 1.807) is 26.0 Å². The molecule has 3 rings (SSSR count). The third-order valence-electron chi connectivity index (χ3n) is 5.50. The van der Waals surface area contributed by atoms with Gasteiger partial charge in [0.25, 0.3) is 5.92 Å². The molecule has 0 spiro atoms. The van der Waals surface area contributed by atoms with Gasteiger partial charge >= 0.3 is 0 Å². The Labute approximate surface area is 199 Å². The molecule has 1 fully saturated rings. The second-order valence-electron chi connectivity index (χ2n) is 8.48. The summed E-state index contributed by atoms with van der Waals surface area (Å²) >= 11 is 12.8. The van der Waals surface area contributed by atoms with Gasteiger partial charge in [0, 0.05) is 35.5 Å². The molecule has 0 aliphatic carbocycles. The first-order valence-electron chi connectivity index (χ1n) is 10.1. The van der Waals surface area contributed by atoms with Gasteiger partial charge in [-0.05, 0) is 50.1 Å². The summed E-state index contributed by atoms with van der Waals surface area (Å²) in [6.45, 7) is 4.00. The molecule has 1 aromatic heterocycles. The molecule has 2 heterocycles. The first-order valence-corrected chi connectivity index (χ1v) is 10.9. The predicted molar refractivity (Wildman–Crippen MR) is 118 cm³/mol. The van der Waals surface area contributed by atoms with Crippen molar-refractivity contribution in [2.45, 2.75) is 57.4 Å². The lowest BCUT2D eigenvalue weighted by Gasteiger charge is -2.24. The van der Waals surface area contributed by atoms with Crippen LogP contribution in [0.4, 0.5) is 8.78 Å². The molecule has 3 amide bonds. The van der Waals surface area contributed by atoms with E-state index >= 15 is 0 Å². The lowest BCUT2D eigenvalue weighted by Crippen LogP contribution is -2.40. The number of imide groups is 1. The number of nitrogens with one attached hydrogen (secondary N) is 2. The molecule has 33 heavy (non-hydrogen) atoms. The third kappa shape index (κ3) is 5.47. The van der Waals surface area contributed by atoms with E-state index in [-0.39, 0.29) is 34.6 Å². The number of hydrogen-bond donors (Lipinski definition) is 2. The number of nitrogens with zero attached hydrogens (tertiary/aromatic N) is 2. The zero-order valence-electron chi connectivity index (χ0n) is 18.1. The highest BCUT2D eigenvalue weighted by Gasteiger charge is 2.34. The maximum Gasteiger partial charge on any atom is 0.288 e. The highest BCUT2D eigenvalue weighted by atomic mass is 35.5. The fourth-order valence-electron chi connectivity index (χ4n) is 3.46. The van der Waals surface area contributed by atoms with Gasteiger partial charge in [-0.25, -0.2) is 0 Å². The van der Waals surface area contributed by atoms with Crippen LogP contribution in [0.3, 0.4) is 0 Å². The molecule has 2 aromatic rings. The minimum Gasteiger partial charge on any atom is -0.351 e. The Morgan fingerprint density at radius 1 is 1.12 bits per heavy atom. The first kappa shape index (κ1) is 25.0. The summed E-state index contributed by atoms with van der Waals surface area (Å²) in [5.74, 6) is -4.97. The zero-order valence-corrected chi connectivity index (χ0v) is 19.7. The molecule has 0 bridgehead atoms. The van der Waals surface area contributed by atoms with Crippen molar-refractivity contribution in [1.82, 2.24) is 20.8 Å². The second-order valence-corrected chi connectivity index (χ2v) is 9.29. The Morgan fingerprint density at radius 2 is 1.70 bits per heavy atom. The molecular weight excluding hydrogens is 477 g/mol. The SMILES string of the molecule is CC(F)(F)c1ccc(C(C)(C)C(=O)NCc2cc(Cl)c(C3CCC(=O)NC3=O)c(Cl)c2)nn1.